The van der Waals surface area contributed by atoms with Gasteiger partial charge in [-0.05, 0) is 42.4 Å². The average Bonchev–Trinajstić information content (AvgIpc) is 2.27. The summed E-state index contributed by atoms with van der Waals surface area (Å²) >= 11 is 0. The molecule has 0 fully saturated rings. The summed E-state index contributed by atoms with van der Waals surface area (Å²) in [6.45, 7) is 0.191. The Kier molecular flexibility index (Phi) is 2.73. The zero-order chi connectivity index (χ0) is 10.8. The summed E-state index contributed by atoms with van der Waals surface area (Å²) in [5.74, 6) is -0.559. The molecule has 1 aromatic carbocycles. The molecule has 0 heterocycles. The van der Waals surface area contributed by atoms with E-state index < -0.39 is 5.97 Å². The monoisotopic (exact) mass is 206 g/mol. The molecule has 3 nitrogen and oxygen atoms in total. The third-order valence-corrected chi connectivity index (χ3v) is 3.07. The second kappa shape index (κ2) is 4.03. The lowest BCUT2D eigenvalue weighted by molar-refractivity contribution is 0.0695. The van der Waals surface area contributed by atoms with Crippen LogP contribution in [0, 0.1) is 5.92 Å². The van der Waals surface area contributed by atoms with E-state index in [0.29, 0.717) is 11.5 Å². The number of hydrogen-bond acceptors (Lipinski definition) is 2. The van der Waals surface area contributed by atoms with E-state index in [2.05, 4.69) is 0 Å². The summed E-state index contributed by atoms with van der Waals surface area (Å²) in [7, 11) is 0. The Balaban J connectivity index is 2.37. The molecule has 1 atom stereocenters. The highest BCUT2D eigenvalue weighted by Gasteiger charge is 2.21. The number of rotatable bonds is 2. The Morgan fingerprint density at radius 1 is 1.47 bits per heavy atom. The summed E-state index contributed by atoms with van der Waals surface area (Å²) in [6.07, 6.45) is 2.45. The smallest absolute Gasteiger partial charge is 0.335 e. The number of carboxylic acid groups (broad SMARTS) is 1. The zero-order valence-electron chi connectivity index (χ0n) is 8.44. The lowest BCUT2D eigenvalue weighted by Crippen LogP contribution is -2.19. The van der Waals surface area contributed by atoms with E-state index in [4.69, 9.17) is 10.2 Å². The fraction of sp³-hybridized carbons (Fsp3) is 0.417. The third-order valence-electron chi connectivity index (χ3n) is 3.07. The van der Waals surface area contributed by atoms with Crippen LogP contribution < -0.4 is 0 Å². The second-order valence-corrected chi connectivity index (χ2v) is 4.04. The van der Waals surface area contributed by atoms with Crippen molar-refractivity contribution >= 4 is 5.97 Å². The fourth-order valence-corrected chi connectivity index (χ4v) is 2.24. The normalized spacial score (nSPS) is 19.7. The van der Waals surface area contributed by atoms with Crippen LogP contribution in [0.25, 0.3) is 0 Å². The van der Waals surface area contributed by atoms with Gasteiger partial charge in [-0.15, -0.1) is 0 Å². The maximum atomic E-state index is 11.0. The molecule has 15 heavy (non-hydrogen) atoms. The average molecular weight is 206 g/mol. The zero-order valence-corrected chi connectivity index (χ0v) is 8.44. The predicted molar refractivity (Wildman–Crippen MR) is 56.0 cm³/mol. The third kappa shape index (κ3) is 1.88. The topological polar surface area (TPSA) is 57.5 Å². The van der Waals surface area contributed by atoms with Gasteiger partial charge in [-0.25, -0.2) is 4.79 Å². The van der Waals surface area contributed by atoms with Crippen molar-refractivity contribution in [2.45, 2.75) is 19.3 Å². The van der Waals surface area contributed by atoms with Crippen molar-refractivity contribution in [1.82, 2.24) is 0 Å². The number of aliphatic hydroxyl groups excluding tert-OH is 1. The highest BCUT2D eigenvalue weighted by Crippen LogP contribution is 2.27. The van der Waals surface area contributed by atoms with E-state index in [1.54, 1.807) is 12.1 Å². The molecule has 0 radical (unpaired) electrons. The summed E-state index contributed by atoms with van der Waals surface area (Å²) in [6, 6.07) is 5.39. The van der Waals surface area contributed by atoms with E-state index >= 15 is 0 Å². The van der Waals surface area contributed by atoms with Crippen molar-refractivity contribution in [3.05, 3.63) is 34.9 Å². The van der Waals surface area contributed by atoms with Crippen molar-refractivity contribution in [2.75, 3.05) is 6.61 Å². The lowest BCUT2D eigenvalue weighted by atomic mass is 9.82. The van der Waals surface area contributed by atoms with Gasteiger partial charge < -0.3 is 10.2 Å². The van der Waals surface area contributed by atoms with Crippen LogP contribution in [0.4, 0.5) is 0 Å². The molecule has 3 heteroatoms. The summed E-state index contributed by atoms with van der Waals surface area (Å²) < 4.78 is 0. The summed E-state index contributed by atoms with van der Waals surface area (Å²) in [4.78, 5) is 11.0. The van der Waals surface area contributed by atoms with Gasteiger partial charge in [0.1, 0.15) is 0 Å². The molecule has 0 spiro atoms. The fourth-order valence-electron chi connectivity index (χ4n) is 2.24. The molecule has 0 amide bonds. The Morgan fingerprint density at radius 2 is 2.27 bits per heavy atom. The first-order chi connectivity index (χ1) is 7.22. The van der Waals surface area contributed by atoms with Gasteiger partial charge in [-0.1, -0.05) is 12.1 Å². The molecule has 1 aromatic rings. The summed E-state index contributed by atoms with van der Waals surface area (Å²) in [5.41, 5.74) is 2.46. The predicted octanol–water partition coefficient (Wildman–Crippen LogP) is 1.48. The first kappa shape index (κ1) is 10.2. The number of carbonyl (C=O) groups is 1. The highest BCUT2D eigenvalue weighted by molar-refractivity contribution is 5.89. The van der Waals surface area contributed by atoms with Gasteiger partial charge in [0.15, 0.2) is 0 Å². The van der Waals surface area contributed by atoms with E-state index in [1.807, 2.05) is 6.07 Å². The summed E-state index contributed by atoms with van der Waals surface area (Å²) in [5, 5.41) is 18.1. The first-order valence-corrected chi connectivity index (χ1v) is 5.17. The van der Waals surface area contributed by atoms with Gasteiger partial charge in [-0.3, -0.25) is 0 Å². The Hall–Kier alpha value is -1.35. The van der Waals surface area contributed by atoms with E-state index in [9.17, 15) is 4.79 Å². The molecular weight excluding hydrogens is 192 g/mol. The lowest BCUT2D eigenvalue weighted by Gasteiger charge is -2.24. The van der Waals surface area contributed by atoms with Gasteiger partial charge in [0.05, 0.1) is 5.56 Å². The SMILES string of the molecule is O=C(O)c1cccc2c1CCC(CO)C2. The molecule has 2 N–H and O–H groups in total. The maximum absolute atomic E-state index is 11.0. The number of carboxylic acids is 1. The minimum atomic E-state index is -0.853. The van der Waals surface area contributed by atoms with E-state index in [-0.39, 0.29) is 6.61 Å². The highest BCUT2D eigenvalue weighted by atomic mass is 16.4. The van der Waals surface area contributed by atoms with Crippen molar-refractivity contribution in [3.8, 4) is 0 Å². The largest absolute Gasteiger partial charge is 0.478 e. The number of hydrogen-bond donors (Lipinski definition) is 2. The van der Waals surface area contributed by atoms with Crippen LogP contribution in [-0.4, -0.2) is 22.8 Å². The molecule has 1 aliphatic carbocycles. The van der Waals surface area contributed by atoms with E-state index in [0.717, 1.165) is 30.4 Å². The van der Waals surface area contributed by atoms with Crippen molar-refractivity contribution in [2.24, 2.45) is 5.92 Å². The minimum Gasteiger partial charge on any atom is -0.478 e. The molecule has 0 saturated heterocycles. The molecule has 1 aliphatic rings. The number of aromatic carboxylic acids is 1. The maximum Gasteiger partial charge on any atom is 0.335 e. The number of benzene rings is 1. The molecule has 0 saturated carbocycles. The van der Waals surface area contributed by atoms with Gasteiger partial charge in [0.25, 0.3) is 0 Å². The quantitative estimate of drug-likeness (QED) is 0.770. The van der Waals surface area contributed by atoms with Gasteiger partial charge in [-0.2, -0.15) is 0 Å². The van der Waals surface area contributed by atoms with Gasteiger partial charge >= 0.3 is 5.97 Å². The molecule has 0 aliphatic heterocycles. The Morgan fingerprint density at radius 3 is 2.93 bits per heavy atom. The van der Waals surface area contributed by atoms with Gasteiger partial charge in [0.2, 0.25) is 0 Å². The number of fused-ring (bicyclic) bond motifs is 1. The van der Waals surface area contributed by atoms with Crippen molar-refractivity contribution in [1.29, 1.82) is 0 Å². The molecule has 0 aromatic heterocycles. The molecule has 1 unspecified atom stereocenters. The van der Waals surface area contributed by atoms with Crippen molar-refractivity contribution < 1.29 is 15.0 Å². The van der Waals surface area contributed by atoms with Gasteiger partial charge in [0, 0.05) is 6.61 Å². The molecule has 0 bridgehead atoms. The Labute approximate surface area is 88.4 Å². The minimum absolute atomic E-state index is 0.191. The standard InChI is InChI=1S/C12H14O3/c13-7-8-4-5-10-9(6-8)2-1-3-11(10)12(14)15/h1-3,8,13H,4-7H2,(H,14,15). The van der Waals surface area contributed by atoms with Crippen LogP contribution in [0.5, 0.6) is 0 Å². The van der Waals surface area contributed by atoms with E-state index in [1.165, 1.54) is 0 Å². The Bertz CT molecular complexity index is 384. The van der Waals surface area contributed by atoms with Crippen LogP contribution in [0.15, 0.2) is 18.2 Å². The second-order valence-electron chi connectivity index (χ2n) is 4.04. The van der Waals surface area contributed by atoms with Crippen LogP contribution in [0.3, 0.4) is 0 Å². The molecular formula is C12H14O3. The molecule has 2 rings (SSSR count). The number of aliphatic hydroxyl groups is 1. The van der Waals surface area contributed by atoms with Crippen LogP contribution in [0.1, 0.15) is 27.9 Å². The van der Waals surface area contributed by atoms with Crippen molar-refractivity contribution in [3.63, 3.8) is 0 Å². The van der Waals surface area contributed by atoms with Crippen LogP contribution >= 0.6 is 0 Å². The van der Waals surface area contributed by atoms with Crippen LogP contribution in [-0.2, 0) is 12.8 Å². The first-order valence-electron chi connectivity index (χ1n) is 5.17. The molecule has 80 valence electrons. The van der Waals surface area contributed by atoms with Crippen LogP contribution in [0.2, 0.25) is 0 Å².